The van der Waals surface area contributed by atoms with Crippen molar-refractivity contribution in [1.82, 2.24) is 9.97 Å². The van der Waals surface area contributed by atoms with Crippen LogP contribution >= 0.6 is 22.7 Å². The van der Waals surface area contributed by atoms with Crippen molar-refractivity contribution in [2.24, 2.45) is 5.92 Å². The average Bonchev–Trinajstić information content (AvgIpc) is 3.15. The molecule has 1 aromatic carbocycles. The second-order valence-electron chi connectivity index (χ2n) is 6.80. The van der Waals surface area contributed by atoms with Gasteiger partial charge in [0, 0.05) is 18.0 Å². The number of aromatic nitrogens is 2. The highest BCUT2D eigenvalue weighted by Gasteiger charge is 2.35. The van der Waals surface area contributed by atoms with Crippen LogP contribution in [0.15, 0.2) is 18.2 Å². The standard InChI is InChI=1S/C18H17FN4OS2/c19-11-5-6-13-15(7-11)26-18(21-13)23-8-10(9-23)16(24)22-17-20-12-3-1-2-4-14(12)25-17/h5-7,10H,1-4,8-9H2,(H,20,22,24). The van der Waals surface area contributed by atoms with Gasteiger partial charge < -0.3 is 10.2 Å². The number of amides is 1. The van der Waals surface area contributed by atoms with Crippen LogP contribution in [0.5, 0.6) is 0 Å². The minimum absolute atomic E-state index is 0.0273. The zero-order valence-corrected chi connectivity index (χ0v) is 15.6. The summed E-state index contributed by atoms with van der Waals surface area (Å²) >= 11 is 3.08. The van der Waals surface area contributed by atoms with Crippen LogP contribution in [0, 0.1) is 11.7 Å². The largest absolute Gasteiger partial charge is 0.346 e. The molecule has 134 valence electrons. The van der Waals surface area contributed by atoms with E-state index < -0.39 is 0 Å². The number of aryl methyl sites for hydroxylation is 2. The maximum Gasteiger partial charge on any atom is 0.232 e. The molecule has 0 unspecified atom stereocenters. The normalized spacial score (nSPS) is 17.2. The van der Waals surface area contributed by atoms with E-state index in [9.17, 15) is 9.18 Å². The van der Waals surface area contributed by atoms with Gasteiger partial charge in [0.25, 0.3) is 0 Å². The van der Waals surface area contributed by atoms with E-state index in [4.69, 9.17) is 0 Å². The number of nitrogens with zero attached hydrogens (tertiary/aromatic N) is 3. The molecule has 1 aliphatic heterocycles. The fourth-order valence-electron chi connectivity index (χ4n) is 3.44. The summed E-state index contributed by atoms with van der Waals surface area (Å²) in [7, 11) is 0. The van der Waals surface area contributed by atoms with Gasteiger partial charge in [-0.3, -0.25) is 4.79 Å². The Hall–Kier alpha value is -2.06. The van der Waals surface area contributed by atoms with Gasteiger partial charge in [-0.1, -0.05) is 11.3 Å². The highest BCUT2D eigenvalue weighted by molar-refractivity contribution is 7.22. The van der Waals surface area contributed by atoms with Gasteiger partial charge >= 0.3 is 0 Å². The number of hydrogen-bond acceptors (Lipinski definition) is 6. The Bertz CT molecular complexity index is 969. The highest BCUT2D eigenvalue weighted by atomic mass is 32.1. The second-order valence-corrected chi connectivity index (χ2v) is 8.89. The summed E-state index contributed by atoms with van der Waals surface area (Å²) < 4.78 is 14.1. The smallest absolute Gasteiger partial charge is 0.232 e. The molecule has 8 heteroatoms. The monoisotopic (exact) mass is 388 g/mol. The third-order valence-electron chi connectivity index (χ3n) is 4.94. The van der Waals surface area contributed by atoms with Gasteiger partial charge in [-0.05, 0) is 43.9 Å². The number of halogens is 1. The van der Waals surface area contributed by atoms with Crippen molar-refractivity contribution in [3.8, 4) is 0 Å². The van der Waals surface area contributed by atoms with Crippen molar-refractivity contribution in [3.63, 3.8) is 0 Å². The van der Waals surface area contributed by atoms with E-state index >= 15 is 0 Å². The summed E-state index contributed by atoms with van der Waals surface area (Å²) in [5.41, 5.74) is 1.96. The lowest BCUT2D eigenvalue weighted by Crippen LogP contribution is -2.52. The minimum Gasteiger partial charge on any atom is -0.346 e. The van der Waals surface area contributed by atoms with E-state index in [1.807, 2.05) is 0 Å². The Morgan fingerprint density at radius 1 is 1.19 bits per heavy atom. The molecule has 1 saturated heterocycles. The SMILES string of the molecule is O=C(Nc1nc2c(s1)CCCC2)C1CN(c2nc3ccc(F)cc3s2)C1. The first-order valence-electron chi connectivity index (χ1n) is 8.76. The predicted molar refractivity (Wildman–Crippen MR) is 103 cm³/mol. The quantitative estimate of drug-likeness (QED) is 0.741. The number of nitrogens with one attached hydrogen (secondary N) is 1. The van der Waals surface area contributed by atoms with Crippen molar-refractivity contribution in [1.29, 1.82) is 0 Å². The molecule has 2 aliphatic rings. The number of anilines is 2. The van der Waals surface area contributed by atoms with E-state index in [1.165, 1.54) is 41.2 Å². The fourth-order valence-corrected chi connectivity index (χ4v) is 5.50. The maximum atomic E-state index is 13.3. The summed E-state index contributed by atoms with van der Waals surface area (Å²) in [6.45, 7) is 1.28. The molecule has 2 aromatic heterocycles. The third-order valence-corrected chi connectivity index (χ3v) is 7.09. The van der Waals surface area contributed by atoms with Crippen molar-refractivity contribution in [2.45, 2.75) is 25.7 Å². The lowest BCUT2D eigenvalue weighted by molar-refractivity contribution is -0.120. The van der Waals surface area contributed by atoms with E-state index in [0.717, 1.165) is 39.0 Å². The predicted octanol–water partition coefficient (Wildman–Crippen LogP) is 3.85. The second kappa shape index (κ2) is 6.28. The molecule has 1 aliphatic carbocycles. The van der Waals surface area contributed by atoms with Gasteiger partial charge in [0.2, 0.25) is 5.91 Å². The first-order chi connectivity index (χ1) is 12.7. The summed E-state index contributed by atoms with van der Waals surface area (Å²) in [4.78, 5) is 25.0. The molecular formula is C18H17FN4OS2. The minimum atomic E-state index is -0.250. The summed E-state index contributed by atoms with van der Waals surface area (Å²) in [5.74, 6) is -0.279. The van der Waals surface area contributed by atoms with Crippen LogP contribution in [0.1, 0.15) is 23.4 Å². The van der Waals surface area contributed by atoms with Gasteiger partial charge in [0.05, 0.1) is 21.8 Å². The summed E-state index contributed by atoms with van der Waals surface area (Å²) in [6, 6.07) is 4.62. The molecule has 0 spiro atoms. The van der Waals surface area contributed by atoms with Gasteiger partial charge in [0.15, 0.2) is 10.3 Å². The van der Waals surface area contributed by atoms with Gasteiger partial charge in [-0.2, -0.15) is 0 Å². The van der Waals surface area contributed by atoms with Gasteiger partial charge in [-0.15, -0.1) is 11.3 Å². The molecule has 3 aromatic rings. The molecule has 1 N–H and O–H groups in total. The molecule has 1 fully saturated rings. The van der Waals surface area contributed by atoms with Crippen molar-refractivity contribution >= 4 is 49.1 Å². The molecule has 5 rings (SSSR count). The topological polar surface area (TPSA) is 58.1 Å². The molecule has 1 amide bonds. The van der Waals surface area contributed by atoms with Crippen molar-refractivity contribution in [3.05, 3.63) is 34.6 Å². The molecule has 0 bridgehead atoms. The first kappa shape index (κ1) is 16.1. The summed E-state index contributed by atoms with van der Waals surface area (Å²) in [6.07, 6.45) is 4.51. The Morgan fingerprint density at radius 3 is 2.88 bits per heavy atom. The van der Waals surface area contributed by atoms with E-state index in [0.29, 0.717) is 13.1 Å². The zero-order chi connectivity index (χ0) is 17.7. The van der Waals surface area contributed by atoms with E-state index in [2.05, 4.69) is 20.2 Å². The Labute approximate surface area is 157 Å². The number of benzene rings is 1. The molecule has 5 nitrogen and oxygen atoms in total. The average molecular weight is 388 g/mol. The van der Waals surface area contributed by atoms with Crippen LogP contribution in [-0.4, -0.2) is 29.0 Å². The Balaban J connectivity index is 1.23. The molecule has 0 radical (unpaired) electrons. The number of hydrogen-bond donors (Lipinski definition) is 1. The zero-order valence-electron chi connectivity index (χ0n) is 14.0. The number of thiazole rings is 2. The van der Waals surface area contributed by atoms with E-state index in [1.54, 1.807) is 17.4 Å². The lowest BCUT2D eigenvalue weighted by atomic mass is 10.0. The molecule has 0 atom stereocenters. The first-order valence-corrected chi connectivity index (χ1v) is 10.4. The van der Waals surface area contributed by atoms with Crippen LogP contribution in [0.4, 0.5) is 14.7 Å². The van der Waals surface area contributed by atoms with Crippen LogP contribution in [0.25, 0.3) is 10.2 Å². The van der Waals surface area contributed by atoms with Crippen molar-refractivity contribution < 1.29 is 9.18 Å². The third kappa shape index (κ3) is 2.87. The Morgan fingerprint density at radius 2 is 2.04 bits per heavy atom. The van der Waals surface area contributed by atoms with Crippen LogP contribution in [0.3, 0.4) is 0 Å². The number of carbonyl (C=O) groups excluding carboxylic acids is 1. The molecular weight excluding hydrogens is 371 g/mol. The molecule has 0 saturated carbocycles. The van der Waals surface area contributed by atoms with E-state index in [-0.39, 0.29) is 17.6 Å². The van der Waals surface area contributed by atoms with Gasteiger partial charge in [0.1, 0.15) is 5.82 Å². The maximum absolute atomic E-state index is 13.3. The lowest BCUT2D eigenvalue weighted by Gasteiger charge is -2.37. The fraction of sp³-hybridized carbons (Fsp3) is 0.389. The number of carbonyl (C=O) groups is 1. The van der Waals surface area contributed by atoms with Crippen LogP contribution in [0.2, 0.25) is 0 Å². The highest BCUT2D eigenvalue weighted by Crippen LogP contribution is 2.34. The Kier molecular flexibility index (Phi) is 3.90. The number of fused-ring (bicyclic) bond motifs is 2. The summed E-state index contributed by atoms with van der Waals surface area (Å²) in [5, 5.41) is 4.56. The van der Waals surface area contributed by atoms with Crippen LogP contribution in [-0.2, 0) is 17.6 Å². The number of rotatable bonds is 3. The van der Waals surface area contributed by atoms with Gasteiger partial charge in [-0.25, -0.2) is 14.4 Å². The molecule has 26 heavy (non-hydrogen) atoms. The van der Waals surface area contributed by atoms with Crippen LogP contribution < -0.4 is 10.2 Å². The molecule has 3 heterocycles. The van der Waals surface area contributed by atoms with Crippen molar-refractivity contribution in [2.75, 3.05) is 23.3 Å².